The van der Waals surface area contributed by atoms with Gasteiger partial charge in [-0.05, 0) is 31.4 Å². The lowest BCUT2D eigenvalue weighted by Crippen LogP contribution is -1.91. The van der Waals surface area contributed by atoms with Crippen LogP contribution in [0.3, 0.4) is 0 Å². The summed E-state index contributed by atoms with van der Waals surface area (Å²) < 4.78 is 0. The van der Waals surface area contributed by atoms with Gasteiger partial charge in [0.25, 0.3) is 0 Å². The van der Waals surface area contributed by atoms with Crippen molar-refractivity contribution < 1.29 is 9.90 Å². The van der Waals surface area contributed by atoms with Gasteiger partial charge in [0.15, 0.2) is 0 Å². The first-order chi connectivity index (χ1) is 9.77. The Morgan fingerprint density at radius 2 is 1.35 bits per heavy atom. The van der Waals surface area contributed by atoms with Gasteiger partial charge in [-0.25, -0.2) is 0 Å². The molecule has 0 radical (unpaired) electrons. The van der Waals surface area contributed by atoms with Crippen LogP contribution in [0, 0.1) is 0 Å². The fraction of sp³-hybridized carbons (Fsp3) is 0.722. The Bertz CT molecular complexity index is 318. The van der Waals surface area contributed by atoms with E-state index in [0.717, 1.165) is 6.42 Å². The summed E-state index contributed by atoms with van der Waals surface area (Å²) in [5.41, 5.74) is 5.84. The predicted molar refractivity (Wildman–Crippen MR) is 84.9 cm³/mol. The largest absolute Gasteiger partial charge is 0.481 e. The van der Waals surface area contributed by atoms with Crippen LogP contribution in [0.4, 0.5) is 0 Å². The van der Waals surface area contributed by atoms with E-state index >= 15 is 0 Å². The molecule has 114 valence electrons. The van der Waals surface area contributed by atoms with Crippen molar-refractivity contribution in [3.05, 3.63) is 23.6 Å². The topological polar surface area (TPSA) is 37.3 Å². The second-order valence-corrected chi connectivity index (χ2v) is 5.25. The molecular formula is C18H30O2. The monoisotopic (exact) mass is 278 g/mol. The predicted octanol–water partition coefficient (Wildman–Crippen LogP) is 5.64. The van der Waals surface area contributed by atoms with Gasteiger partial charge in [0, 0.05) is 6.42 Å². The number of hydrogen-bond acceptors (Lipinski definition) is 1. The van der Waals surface area contributed by atoms with Gasteiger partial charge in [-0.3, -0.25) is 4.79 Å². The Kier molecular flexibility index (Phi) is 14.9. The highest BCUT2D eigenvalue weighted by Gasteiger charge is 1.91. The summed E-state index contributed by atoms with van der Waals surface area (Å²) >= 11 is 0. The van der Waals surface area contributed by atoms with Crippen molar-refractivity contribution in [2.45, 2.75) is 84.0 Å². The van der Waals surface area contributed by atoms with Crippen LogP contribution < -0.4 is 0 Å². The fourth-order valence-electron chi connectivity index (χ4n) is 2.01. The van der Waals surface area contributed by atoms with Crippen molar-refractivity contribution in [1.82, 2.24) is 0 Å². The Hall–Kier alpha value is -1.23. The molecule has 0 aliphatic heterocycles. The minimum absolute atomic E-state index is 0.174. The molecule has 0 bridgehead atoms. The summed E-state index contributed by atoms with van der Waals surface area (Å²) in [5.74, 6) is -0.762. The van der Waals surface area contributed by atoms with Crippen LogP contribution >= 0.6 is 0 Å². The van der Waals surface area contributed by atoms with E-state index in [1.54, 1.807) is 6.08 Å². The minimum Gasteiger partial charge on any atom is -0.481 e. The molecule has 0 saturated heterocycles. The van der Waals surface area contributed by atoms with E-state index in [0.29, 0.717) is 6.42 Å². The van der Waals surface area contributed by atoms with Crippen molar-refractivity contribution in [2.75, 3.05) is 0 Å². The Morgan fingerprint density at radius 1 is 0.850 bits per heavy atom. The fourth-order valence-corrected chi connectivity index (χ4v) is 2.01. The molecule has 0 aromatic carbocycles. The van der Waals surface area contributed by atoms with Gasteiger partial charge in [0.05, 0.1) is 0 Å². The molecule has 0 rings (SSSR count). The molecule has 0 aromatic rings. The van der Waals surface area contributed by atoms with E-state index < -0.39 is 5.97 Å². The molecule has 0 aliphatic carbocycles. The van der Waals surface area contributed by atoms with Crippen molar-refractivity contribution in [3.63, 3.8) is 0 Å². The van der Waals surface area contributed by atoms with Crippen molar-refractivity contribution >= 4 is 5.97 Å². The zero-order valence-electron chi connectivity index (χ0n) is 13.0. The number of unbranched alkanes of at least 4 members (excludes halogenated alkanes) is 9. The molecule has 0 unspecified atom stereocenters. The average Bonchev–Trinajstić information content (AvgIpc) is 2.43. The number of rotatable bonds is 13. The smallest absolute Gasteiger partial charge is 0.303 e. The first-order valence-corrected chi connectivity index (χ1v) is 8.13. The Morgan fingerprint density at radius 3 is 1.90 bits per heavy atom. The molecule has 0 aromatic heterocycles. The summed E-state index contributed by atoms with van der Waals surface area (Å²) in [6.07, 6.45) is 17.6. The zero-order chi connectivity index (χ0) is 14.9. The minimum atomic E-state index is -0.762. The molecular weight excluding hydrogens is 248 g/mol. The highest BCUT2D eigenvalue weighted by Crippen LogP contribution is 2.10. The van der Waals surface area contributed by atoms with Gasteiger partial charge in [-0.15, -0.1) is 0 Å². The molecule has 0 aliphatic rings. The van der Waals surface area contributed by atoms with Crippen LogP contribution in [0.2, 0.25) is 0 Å². The normalized spacial score (nSPS) is 9.65. The third-order valence-electron chi connectivity index (χ3n) is 3.24. The molecule has 0 spiro atoms. The van der Waals surface area contributed by atoms with E-state index in [1.807, 2.05) is 6.08 Å². The molecule has 0 heterocycles. The van der Waals surface area contributed by atoms with Crippen LogP contribution in [-0.2, 0) is 4.79 Å². The summed E-state index contributed by atoms with van der Waals surface area (Å²) in [7, 11) is 0. The van der Waals surface area contributed by atoms with Gasteiger partial charge < -0.3 is 5.11 Å². The molecule has 2 heteroatoms. The highest BCUT2D eigenvalue weighted by atomic mass is 16.4. The van der Waals surface area contributed by atoms with Gasteiger partial charge in [0.2, 0.25) is 0 Å². The third kappa shape index (κ3) is 16.8. The summed E-state index contributed by atoms with van der Waals surface area (Å²) in [5, 5.41) is 8.44. The van der Waals surface area contributed by atoms with Crippen LogP contribution in [0.25, 0.3) is 0 Å². The quantitative estimate of drug-likeness (QED) is 0.350. The molecule has 0 amide bonds. The Balaban J connectivity index is 3.30. The lowest BCUT2D eigenvalue weighted by atomic mass is 10.1. The summed E-state index contributed by atoms with van der Waals surface area (Å²) in [4.78, 5) is 10.3. The summed E-state index contributed by atoms with van der Waals surface area (Å²) in [6.45, 7) is 2.25. The molecule has 0 saturated carbocycles. The van der Waals surface area contributed by atoms with Gasteiger partial charge in [-0.2, -0.15) is 0 Å². The number of hydrogen-bond donors (Lipinski definition) is 1. The first kappa shape index (κ1) is 18.8. The lowest BCUT2D eigenvalue weighted by Gasteiger charge is -2.00. The number of allylic oxidation sites excluding steroid dienone is 2. The van der Waals surface area contributed by atoms with E-state index in [4.69, 9.17) is 5.11 Å². The lowest BCUT2D eigenvalue weighted by molar-refractivity contribution is -0.136. The molecule has 0 atom stereocenters. The van der Waals surface area contributed by atoms with Gasteiger partial charge in [0.1, 0.15) is 0 Å². The molecule has 2 nitrogen and oxygen atoms in total. The maximum Gasteiger partial charge on any atom is 0.303 e. The van der Waals surface area contributed by atoms with Crippen molar-refractivity contribution in [3.8, 4) is 0 Å². The van der Waals surface area contributed by atoms with Crippen molar-refractivity contribution in [1.29, 1.82) is 0 Å². The Labute approximate surface area is 124 Å². The van der Waals surface area contributed by atoms with Crippen LogP contribution in [-0.4, -0.2) is 11.1 Å². The highest BCUT2D eigenvalue weighted by molar-refractivity contribution is 5.66. The third-order valence-corrected chi connectivity index (χ3v) is 3.24. The second kappa shape index (κ2) is 15.8. The maximum absolute atomic E-state index is 10.3. The van der Waals surface area contributed by atoms with Crippen LogP contribution in [0.15, 0.2) is 23.6 Å². The van der Waals surface area contributed by atoms with Crippen molar-refractivity contribution in [2.24, 2.45) is 0 Å². The van der Waals surface area contributed by atoms with Crippen LogP contribution in [0.5, 0.6) is 0 Å². The standard InChI is InChI=1S/C18H30O2/c1-2-3-4-5-6-7-8-9-10-11-12-13-14-15-16-17-18(19)20/h12,15H,2-11,16-17H2,1H3,(H,19,20). The SMILES string of the molecule is CCCCCCCCCCCC=C=C=CCCC(=O)O. The number of carbonyl (C=O) groups is 1. The molecule has 20 heavy (non-hydrogen) atoms. The van der Waals surface area contributed by atoms with Gasteiger partial charge in [-0.1, -0.05) is 69.8 Å². The number of carboxylic acid groups (broad SMARTS) is 1. The number of carboxylic acids is 1. The van der Waals surface area contributed by atoms with E-state index in [2.05, 4.69) is 18.4 Å². The molecule has 1 N–H and O–H groups in total. The molecule has 0 fully saturated rings. The van der Waals surface area contributed by atoms with Crippen LogP contribution in [0.1, 0.15) is 84.0 Å². The summed E-state index contributed by atoms with van der Waals surface area (Å²) in [6, 6.07) is 0. The maximum atomic E-state index is 10.3. The van der Waals surface area contributed by atoms with E-state index in [1.165, 1.54) is 57.8 Å². The van der Waals surface area contributed by atoms with E-state index in [9.17, 15) is 4.79 Å². The second-order valence-electron chi connectivity index (χ2n) is 5.25. The van der Waals surface area contributed by atoms with E-state index in [-0.39, 0.29) is 6.42 Å². The first-order valence-electron chi connectivity index (χ1n) is 8.13. The zero-order valence-corrected chi connectivity index (χ0v) is 13.0. The average molecular weight is 278 g/mol. The number of aliphatic carboxylic acids is 1. The van der Waals surface area contributed by atoms with Gasteiger partial charge >= 0.3 is 5.97 Å².